The highest BCUT2D eigenvalue weighted by Crippen LogP contribution is 2.40. The maximum Gasteiger partial charge on any atom is 0.186 e. The Bertz CT molecular complexity index is 1400. The van der Waals surface area contributed by atoms with Crippen molar-refractivity contribution in [2.75, 3.05) is 24.7 Å². The van der Waals surface area contributed by atoms with Crippen LogP contribution in [0.2, 0.25) is 0 Å². The standard InChI is InChI=1S/C30H30N2O2S/c1-30(2)17-26-28(27(33)18-30)35-29(31-26)32-13-14-34-19-23(32)16-20-7-5-10-22(15-20)25-12-6-9-21-8-3-4-11-24(21)25/h3-12,15,23H,13-14,16-19H2,1-2H3/t23-/m0/s1. The number of carbonyl (C=O) groups is 1. The second kappa shape index (κ2) is 8.89. The molecule has 0 unspecified atom stereocenters. The topological polar surface area (TPSA) is 42.4 Å². The van der Waals surface area contributed by atoms with E-state index >= 15 is 0 Å². The fraction of sp³-hybridized carbons (Fsp3) is 0.333. The molecule has 0 N–H and O–H groups in total. The van der Waals surface area contributed by atoms with E-state index < -0.39 is 0 Å². The van der Waals surface area contributed by atoms with Crippen LogP contribution in [0.15, 0.2) is 66.7 Å². The molecule has 35 heavy (non-hydrogen) atoms. The summed E-state index contributed by atoms with van der Waals surface area (Å²) in [5, 5.41) is 3.50. The number of ketones is 1. The van der Waals surface area contributed by atoms with Crippen LogP contribution in [0.25, 0.3) is 21.9 Å². The zero-order valence-electron chi connectivity index (χ0n) is 20.3. The van der Waals surface area contributed by atoms with Crippen molar-refractivity contribution in [2.45, 2.75) is 39.2 Å². The first-order chi connectivity index (χ1) is 17.0. The van der Waals surface area contributed by atoms with Crippen LogP contribution < -0.4 is 4.90 Å². The molecule has 3 aromatic carbocycles. The number of Topliss-reactive ketones (excluding diaryl/α,β-unsaturated/α-hetero) is 1. The molecule has 0 spiro atoms. The van der Waals surface area contributed by atoms with E-state index in [2.05, 4.69) is 85.5 Å². The highest BCUT2D eigenvalue weighted by molar-refractivity contribution is 7.17. The molecule has 4 aromatic rings. The maximum absolute atomic E-state index is 12.8. The van der Waals surface area contributed by atoms with Gasteiger partial charge in [-0.15, -0.1) is 0 Å². The zero-order valence-corrected chi connectivity index (χ0v) is 21.1. The summed E-state index contributed by atoms with van der Waals surface area (Å²) in [6.07, 6.45) is 2.35. The van der Waals surface area contributed by atoms with Crippen molar-refractivity contribution in [2.24, 2.45) is 5.41 Å². The average Bonchev–Trinajstić information content (AvgIpc) is 3.27. The summed E-state index contributed by atoms with van der Waals surface area (Å²) in [6.45, 7) is 6.48. The summed E-state index contributed by atoms with van der Waals surface area (Å²) in [7, 11) is 0. The molecule has 5 heteroatoms. The van der Waals surface area contributed by atoms with Gasteiger partial charge in [0.15, 0.2) is 10.9 Å². The van der Waals surface area contributed by atoms with Gasteiger partial charge >= 0.3 is 0 Å². The van der Waals surface area contributed by atoms with E-state index in [0.717, 1.165) is 35.1 Å². The molecule has 1 saturated heterocycles. The van der Waals surface area contributed by atoms with Gasteiger partial charge in [0, 0.05) is 13.0 Å². The van der Waals surface area contributed by atoms with Crippen molar-refractivity contribution in [3.63, 3.8) is 0 Å². The Kier molecular flexibility index (Phi) is 5.70. The lowest BCUT2D eigenvalue weighted by atomic mass is 9.78. The van der Waals surface area contributed by atoms with E-state index in [-0.39, 0.29) is 17.2 Å². The monoisotopic (exact) mass is 482 g/mol. The molecule has 0 amide bonds. The quantitative estimate of drug-likeness (QED) is 0.330. The number of thiazole rings is 1. The van der Waals surface area contributed by atoms with Gasteiger partial charge < -0.3 is 9.64 Å². The Morgan fingerprint density at radius 3 is 2.80 bits per heavy atom. The molecule has 1 aliphatic carbocycles. The van der Waals surface area contributed by atoms with E-state index in [1.807, 2.05) is 0 Å². The van der Waals surface area contributed by atoms with Crippen molar-refractivity contribution >= 4 is 33.0 Å². The van der Waals surface area contributed by atoms with E-state index in [4.69, 9.17) is 9.72 Å². The zero-order chi connectivity index (χ0) is 24.0. The molecular weight excluding hydrogens is 452 g/mol. The molecule has 1 atom stereocenters. The Balaban J connectivity index is 1.29. The first-order valence-corrected chi connectivity index (χ1v) is 13.2. The molecule has 0 saturated carbocycles. The first kappa shape index (κ1) is 22.4. The van der Waals surface area contributed by atoms with Crippen LogP contribution in [-0.2, 0) is 17.6 Å². The van der Waals surface area contributed by atoms with E-state index in [9.17, 15) is 4.79 Å². The summed E-state index contributed by atoms with van der Waals surface area (Å²) < 4.78 is 5.90. The van der Waals surface area contributed by atoms with E-state index in [0.29, 0.717) is 19.6 Å². The molecule has 1 aliphatic heterocycles. The molecule has 1 aromatic heterocycles. The van der Waals surface area contributed by atoms with Crippen molar-refractivity contribution < 1.29 is 9.53 Å². The maximum atomic E-state index is 12.8. The smallest absolute Gasteiger partial charge is 0.186 e. The second-order valence-electron chi connectivity index (χ2n) is 10.6. The SMILES string of the molecule is CC1(C)CC(=O)c2sc(N3CCOC[C@@H]3Cc3cccc(-c4cccc5ccccc45)c3)nc2C1. The number of nitrogens with zero attached hydrogens (tertiary/aromatic N) is 2. The van der Waals surface area contributed by atoms with Gasteiger partial charge in [-0.05, 0) is 45.7 Å². The Labute approximate surface area is 210 Å². The third kappa shape index (κ3) is 4.39. The molecular formula is C30H30N2O2S. The van der Waals surface area contributed by atoms with Gasteiger partial charge in [-0.25, -0.2) is 4.98 Å². The van der Waals surface area contributed by atoms with Crippen LogP contribution in [-0.4, -0.2) is 36.6 Å². The van der Waals surface area contributed by atoms with Gasteiger partial charge in [-0.2, -0.15) is 0 Å². The molecule has 1 fully saturated rings. The number of morpholine rings is 1. The second-order valence-corrected chi connectivity index (χ2v) is 11.5. The minimum absolute atomic E-state index is 0.0120. The van der Waals surface area contributed by atoms with E-state index in [1.165, 1.54) is 27.5 Å². The predicted octanol–water partition coefficient (Wildman–Crippen LogP) is 6.57. The Hall–Kier alpha value is -3.02. The first-order valence-electron chi connectivity index (χ1n) is 12.4. The van der Waals surface area contributed by atoms with Crippen LogP contribution in [0, 0.1) is 5.41 Å². The minimum Gasteiger partial charge on any atom is -0.377 e. The highest BCUT2D eigenvalue weighted by Gasteiger charge is 2.36. The number of hydrogen-bond donors (Lipinski definition) is 0. The fourth-order valence-electron chi connectivity index (χ4n) is 5.52. The lowest BCUT2D eigenvalue weighted by Crippen LogP contribution is -2.46. The van der Waals surface area contributed by atoms with E-state index in [1.54, 1.807) is 11.3 Å². The van der Waals surface area contributed by atoms with Crippen LogP contribution in [0.1, 0.15) is 41.2 Å². The molecule has 4 nitrogen and oxygen atoms in total. The van der Waals surface area contributed by atoms with Crippen molar-refractivity contribution in [1.29, 1.82) is 0 Å². The Morgan fingerprint density at radius 1 is 1.06 bits per heavy atom. The van der Waals surface area contributed by atoms with Gasteiger partial charge in [-0.3, -0.25) is 4.79 Å². The van der Waals surface area contributed by atoms with Gasteiger partial charge in [0.05, 0.1) is 29.8 Å². The van der Waals surface area contributed by atoms with Gasteiger partial charge in [0.2, 0.25) is 0 Å². The summed E-state index contributed by atoms with van der Waals surface area (Å²) in [5.74, 6) is 0.243. The van der Waals surface area contributed by atoms with Crippen LogP contribution >= 0.6 is 11.3 Å². The van der Waals surface area contributed by atoms with Crippen molar-refractivity contribution in [3.05, 3.63) is 82.9 Å². The number of aromatic nitrogens is 1. The number of rotatable bonds is 4. The number of ether oxygens (including phenoxy) is 1. The molecule has 6 rings (SSSR count). The summed E-state index contributed by atoms with van der Waals surface area (Å²) in [4.78, 5) is 21.0. The molecule has 0 bridgehead atoms. The van der Waals surface area contributed by atoms with Gasteiger partial charge in [0.1, 0.15) is 0 Å². The fourth-order valence-corrected chi connectivity index (χ4v) is 6.64. The van der Waals surface area contributed by atoms with Crippen molar-refractivity contribution in [3.8, 4) is 11.1 Å². The van der Waals surface area contributed by atoms with Gasteiger partial charge in [0.25, 0.3) is 0 Å². The Morgan fingerprint density at radius 2 is 1.89 bits per heavy atom. The number of benzene rings is 3. The highest BCUT2D eigenvalue weighted by atomic mass is 32.1. The molecule has 2 aliphatic rings. The normalized spacial score (nSPS) is 19.7. The third-order valence-corrected chi connectivity index (χ3v) is 8.37. The number of hydrogen-bond acceptors (Lipinski definition) is 5. The summed E-state index contributed by atoms with van der Waals surface area (Å²) >= 11 is 1.58. The molecule has 178 valence electrons. The van der Waals surface area contributed by atoms with Crippen LogP contribution in [0.4, 0.5) is 5.13 Å². The minimum atomic E-state index is -0.0120. The average molecular weight is 483 g/mol. The number of anilines is 1. The summed E-state index contributed by atoms with van der Waals surface area (Å²) in [5.41, 5.74) is 4.75. The predicted molar refractivity (Wildman–Crippen MR) is 144 cm³/mol. The lowest BCUT2D eigenvalue weighted by Gasteiger charge is -2.35. The van der Waals surface area contributed by atoms with Crippen molar-refractivity contribution in [1.82, 2.24) is 4.98 Å². The third-order valence-electron chi connectivity index (χ3n) is 7.20. The number of fused-ring (bicyclic) bond motifs is 2. The largest absolute Gasteiger partial charge is 0.377 e. The van der Waals surface area contributed by atoms with Gasteiger partial charge in [-0.1, -0.05) is 91.9 Å². The number of carbonyl (C=O) groups excluding carboxylic acids is 1. The summed E-state index contributed by atoms with van der Waals surface area (Å²) in [6, 6.07) is 24.1. The molecule has 2 heterocycles. The lowest BCUT2D eigenvalue weighted by molar-refractivity contribution is 0.0915. The van der Waals surface area contributed by atoms with Crippen LogP contribution in [0.5, 0.6) is 0 Å². The molecule has 0 radical (unpaired) electrons. The van der Waals surface area contributed by atoms with Crippen LogP contribution in [0.3, 0.4) is 0 Å².